The Balaban J connectivity index is 2.12. The van der Waals surface area contributed by atoms with Crippen molar-refractivity contribution in [3.8, 4) is 0 Å². The van der Waals surface area contributed by atoms with Crippen LogP contribution in [0.3, 0.4) is 0 Å². The summed E-state index contributed by atoms with van der Waals surface area (Å²) in [6.45, 7) is 15.0. The Kier molecular flexibility index (Phi) is 28.4. The van der Waals surface area contributed by atoms with E-state index in [-0.39, 0.29) is 24.0 Å². The predicted octanol–water partition coefficient (Wildman–Crippen LogP) is 12.0. The minimum atomic E-state index is -0.408. The van der Waals surface area contributed by atoms with Gasteiger partial charge >= 0.3 is 11.9 Å². The summed E-state index contributed by atoms with van der Waals surface area (Å²) >= 11 is 0. The van der Waals surface area contributed by atoms with Crippen molar-refractivity contribution >= 4 is 11.9 Å². The lowest BCUT2D eigenvalue weighted by Crippen LogP contribution is -2.29. The molecule has 0 aromatic carbocycles. The fourth-order valence-corrected chi connectivity index (χ4v) is 7.46. The number of rotatable bonds is 37. The van der Waals surface area contributed by atoms with Crippen molar-refractivity contribution in [3.05, 3.63) is 0 Å². The van der Waals surface area contributed by atoms with E-state index in [0.29, 0.717) is 19.6 Å². The number of ether oxygens (including phenoxy) is 2. The molecule has 50 heavy (non-hydrogen) atoms. The molecule has 1 saturated carbocycles. The van der Waals surface area contributed by atoms with E-state index in [1.54, 1.807) is 0 Å². The fourth-order valence-electron chi connectivity index (χ4n) is 7.46. The topological polar surface area (TPSA) is 76.1 Å². The number of hydrogen-bond acceptors (Lipinski definition) is 6. The molecular formula is C44H85NO5. The van der Waals surface area contributed by atoms with E-state index < -0.39 is 5.41 Å². The normalized spacial score (nSPS) is 14.1. The highest BCUT2D eigenvalue weighted by Gasteiger charge is 2.43. The third-order valence-corrected chi connectivity index (χ3v) is 11.3. The maximum atomic E-state index is 12.6. The number of carbonyl (C=O) groups excluding carboxylic acids is 2. The number of hydrogen-bond donors (Lipinski definition) is 1. The van der Waals surface area contributed by atoms with E-state index in [2.05, 4.69) is 25.7 Å². The van der Waals surface area contributed by atoms with Gasteiger partial charge in [0, 0.05) is 6.54 Å². The predicted molar refractivity (Wildman–Crippen MR) is 211 cm³/mol. The summed E-state index contributed by atoms with van der Waals surface area (Å²) in [7, 11) is 0. The summed E-state index contributed by atoms with van der Waals surface area (Å²) in [5.74, 6) is 0.833. The zero-order valence-corrected chi connectivity index (χ0v) is 34.1. The van der Waals surface area contributed by atoms with Crippen LogP contribution in [0.25, 0.3) is 0 Å². The van der Waals surface area contributed by atoms with Crippen LogP contribution in [0.15, 0.2) is 0 Å². The quantitative estimate of drug-likeness (QED) is 0.0512. The third kappa shape index (κ3) is 24.9. The van der Waals surface area contributed by atoms with Crippen LogP contribution in [0.2, 0.25) is 0 Å². The molecule has 0 aliphatic heterocycles. The van der Waals surface area contributed by atoms with Gasteiger partial charge in [0.25, 0.3) is 0 Å². The Hall–Kier alpha value is -1.14. The molecule has 1 N–H and O–H groups in total. The Morgan fingerprint density at radius 2 is 1.16 bits per heavy atom. The summed E-state index contributed by atoms with van der Waals surface area (Å²) in [5.41, 5.74) is -0.194. The number of unbranched alkanes of at least 4 members (excludes halogenated alkanes) is 14. The Labute approximate surface area is 311 Å². The lowest BCUT2D eigenvalue weighted by atomic mass is 9.87. The third-order valence-electron chi connectivity index (χ3n) is 11.3. The van der Waals surface area contributed by atoms with Gasteiger partial charge in [-0.15, -0.1) is 0 Å². The summed E-state index contributed by atoms with van der Waals surface area (Å²) in [6.07, 6.45) is 33.0. The number of esters is 2. The van der Waals surface area contributed by atoms with Gasteiger partial charge in [0.1, 0.15) is 0 Å². The van der Waals surface area contributed by atoms with Gasteiger partial charge in [-0.1, -0.05) is 136 Å². The van der Waals surface area contributed by atoms with Gasteiger partial charge < -0.3 is 19.5 Å². The summed E-state index contributed by atoms with van der Waals surface area (Å²) < 4.78 is 11.3. The van der Waals surface area contributed by atoms with Crippen LogP contribution < -0.4 is 0 Å². The van der Waals surface area contributed by atoms with E-state index >= 15 is 0 Å². The molecule has 0 aromatic heterocycles. The van der Waals surface area contributed by atoms with E-state index in [4.69, 9.17) is 9.47 Å². The van der Waals surface area contributed by atoms with Crippen LogP contribution in [-0.4, -0.2) is 61.4 Å². The first-order chi connectivity index (χ1) is 24.2. The van der Waals surface area contributed by atoms with Crippen molar-refractivity contribution in [2.75, 3.05) is 39.5 Å². The molecule has 0 amide bonds. The molecule has 1 rings (SSSR count). The molecule has 0 bridgehead atoms. The second-order valence-corrected chi connectivity index (χ2v) is 16.7. The van der Waals surface area contributed by atoms with Crippen molar-refractivity contribution in [2.24, 2.45) is 16.7 Å². The molecule has 0 unspecified atom stereocenters. The van der Waals surface area contributed by atoms with Crippen LogP contribution in [0.4, 0.5) is 0 Å². The molecule has 0 atom stereocenters. The summed E-state index contributed by atoms with van der Waals surface area (Å²) in [5, 5.41) is 9.60. The lowest BCUT2D eigenvalue weighted by molar-refractivity contribution is -0.154. The van der Waals surface area contributed by atoms with Crippen LogP contribution >= 0.6 is 0 Å². The van der Waals surface area contributed by atoms with Crippen LogP contribution in [0.1, 0.15) is 214 Å². The van der Waals surface area contributed by atoms with Crippen molar-refractivity contribution < 1.29 is 24.2 Å². The number of nitrogens with zero attached hydrogens (tertiary/aromatic N) is 1. The molecule has 0 spiro atoms. The van der Waals surface area contributed by atoms with Crippen molar-refractivity contribution in [2.45, 2.75) is 214 Å². The molecule has 1 aliphatic rings. The standard InChI is InChI=1S/C44H85NO5/c1-6-9-12-13-14-17-24-38-50-42(48)43(4,5)29-20-15-16-22-33-45(35-36-46)34-23-18-21-30-44(31-32-44)39-41(47)49-37-25-19-28-40(26-10-7-2)27-11-8-3/h40,46H,6-39H2,1-5H3. The van der Waals surface area contributed by atoms with Crippen molar-refractivity contribution in [3.63, 3.8) is 0 Å². The van der Waals surface area contributed by atoms with E-state index in [1.807, 2.05) is 13.8 Å². The average Bonchev–Trinajstić information content (AvgIpc) is 3.86. The Morgan fingerprint density at radius 1 is 0.640 bits per heavy atom. The van der Waals surface area contributed by atoms with Gasteiger partial charge in [0.05, 0.1) is 31.7 Å². The Morgan fingerprint density at radius 3 is 1.78 bits per heavy atom. The molecule has 0 saturated heterocycles. The largest absolute Gasteiger partial charge is 0.466 e. The highest BCUT2D eigenvalue weighted by atomic mass is 16.5. The second kappa shape index (κ2) is 30.3. The maximum absolute atomic E-state index is 12.6. The minimum absolute atomic E-state index is 0.0208. The van der Waals surface area contributed by atoms with Crippen molar-refractivity contribution in [1.29, 1.82) is 0 Å². The summed E-state index contributed by atoms with van der Waals surface area (Å²) in [6, 6.07) is 0. The zero-order valence-electron chi connectivity index (χ0n) is 34.1. The van der Waals surface area contributed by atoms with Gasteiger partial charge in [-0.25, -0.2) is 0 Å². The monoisotopic (exact) mass is 708 g/mol. The average molecular weight is 708 g/mol. The zero-order chi connectivity index (χ0) is 36.8. The molecule has 0 radical (unpaired) electrons. The maximum Gasteiger partial charge on any atom is 0.311 e. The van der Waals surface area contributed by atoms with Gasteiger partial charge in [-0.3, -0.25) is 9.59 Å². The molecule has 6 nitrogen and oxygen atoms in total. The first-order valence-electron chi connectivity index (χ1n) is 21.9. The second-order valence-electron chi connectivity index (χ2n) is 16.7. The first-order valence-corrected chi connectivity index (χ1v) is 21.9. The minimum Gasteiger partial charge on any atom is -0.466 e. The van der Waals surface area contributed by atoms with Gasteiger partial charge in [0.2, 0.25) is 0 Å². The smallest absolute Gasteiger partial charge is 0.311 e. The van der Waals surface area contributed by atoms with Crippen LogP contribution in [0, 0.1) is 16.7 Å². The molecular weight excluding hydrogens is 622 g/mol. The Bertz CT molecular complexity index is 802. The highest BCUT2D eigenvalue weighted by molar-refractivity contribution is 5.75. The van der Waals surface area contributed by atoms with Gasteiger partial charge in [-0.05, 0) is 96.1 Å². The van der Waals surface area contributed by atoms with E-state index in [9.17, 15) is 14.7 Å². The van der Waals surface area contributed by atoms with E-state index in [0.717, 1.165) is 89.8 Å². The fraction of sp³-hybridized carbons (Fsp3) is 0.955. The molecule has 0 aromatic rings. The van der Waals surface area contributed by atoms with Gasteiger partial charge in [0.15, 0.2) is 0 Å². The van der Waals surface area contributed by atoms with E-state index in [1.165, 1.54) is 109 Å². The molecule has 1 aliphatic carbocycles. The van der Waals surface area contributed by atoms with Crippen molar-refractivity contribution in [1.82, 2.24) is 4.90 Å². The van der Waals surface area contributed by atoms with Gasteiger partial charge in [-0.2, -0.15) is 0 Å². The molecule has 0 heterocycles. The summed E-state index contributed by atoms with van der Waals surface area (Å²) in [4.78, 5) is 27.6. The molecule has 6 heteroatoms. The highest BCUT2D eigenvalue weighted by Crippen LogP contribution is 2.53. The first kappa shape index (κ1) is 46.9. The molecule has 1 fully saturated rings. The lowest BCUT2D eigenvalue weighted by Gasteiger charge is -2.23. The number of aliphatic hydroxyl groups excluding tert-OH is 1. The SMILES string of the molecule is CCCCCCCCCOC(=O)C(C)(C)CCCCCCN(CCO)CCCCCC1(CC(=O)OCCCCC(CCCC)CCCC)CC1. The number of carbonyl (C=O) groups is 2. The van der Waals surface area contributed by atoms with Crippen LogP contribution in [0.5, 0.6) is 0 Å². The van der Waals surface area contributed by atoms with Crippen LogP contribution in [-0.2, 0) is 19.1 Å². The number of aliphatic hydroxyl groups is 1. The molecule has 296 valence electrons.